The number of furan rings is 1. The predicted octanol–water partition coefficient (Wildman–Crippen LogP) is 4.18. The van der Waals surface area contributed by atoms with Gasteiger partial charge in [-0.3, -0.25) is 19.7 Å². The molecule has 0 aliphatic heterocycles. The third-order valence-corrected chi connectivity index (χ3v) is 4.85. The van der Waals surface area contributed by atoms with Gasteiger partial charge in [0.2, 0.25) is 5.91 Å². The molecule has 170 valence electrons. The highest BCUT2D eigenvalue weighted by molar-refractivity contribution is 5.96. The molecule has 0 aliphatic carbocycles. The van der Waals surface area contributed by atoms with E-state index in [1.54, 1.807) is 24.3 Å². The summed E-state index contributed by atoms with van der Waals surface area (Å²) in [4.78, 5) is 39.3. The minimum atomic E-state index is -0.554. The van der Waals surface area contributed by atoms with Gasteiger partial charge >= 0.3 is 0 Å². The summed E-state index contributed by atoms with van der Waals surface area (Å²) in [6.45, 7) is 3.85. The lowest BCUT2D eigenvalue weighted by Crippen LogP contribution is -2.42. The monoisotopic (exact) mass is 451 g/mol. The zero-order chi connectivity index (χ0) is 23.8. The topological polar surface area (TPSA) is 96.9 Å². The molecule has 1 aromatic heterocycles. The number of nitro benzene ring substituents is 1. The van der Waals surface area contributed by atoms with Crippen LogP contribution >= 0.6 is 0 Å². The second-order valence-corrected chi connectivity index (χ2v) is 7.23. The van der Waals surface area contributed by atoms with Crippen molar-refractivity contribution in [2.75, 3.05) is 13.1 Å². The van der Waals surface area contributed by atoms with Crippen molar-refractivity contribution in [3.8, 4) is 0 Å². The van der Waals surface area contributed by atoms with E-state index in [0.717, 1.165) is 0 Å². The summed E-state index contributed by atoms with van der Waals surface area (Å²) in [5.74, 6) is -0.637. The van der Waals surface area contributed by atoms with E-state index in [0.29, 0.717) is 11.3 Å². The van der Waals surface area contributed by atoms with Crippen LogP contribution in [0.25, 0.3) is 0 Å². The van der Waals surface area contributed by atoms with Crippen LogP contribution in [0.15, 0.2) is 84.0 Å². The summed E-state index contributed by atoms with van der Waals surface area (Å²) < 4.78 is 18.6. The first-order valence-electron chi connectivity index (χ1n) is 10.1. The van der Waals surface area contributed by atoms with Gasteiger partial charge in [-0.15, -0.1) is 6.58 Å². The molecule has 2 aromatic carbocycles. The third kappa shape index (κ3) is 6.36. The number of nitrogens with zero attached hydrogens (tertiary/aromatic N) is 3. The van der Waals surface area contributed by atoms with Crippen LogP contribution in [0.4, 0.5) is 10.1 Å². The van der Waals surface area contributed by atoms with Crippen molar-refractivity contribution in [1.29, 1.82) is 0 Å². The highest BCUT2D eigenvalue weighted by Gasteiger charge is 2.23. The number of amides is 2. The molecule has 1 heterocycles. The molecule has 0 saturated carbocycles. The maximum Gasteiger partial charge on any atom is 0.269 e. The average Bonchev–Trinajstić information content (AvgIpc) is 3.32. The number of non-ortho nitro benzene ring substituents is 1. The molecule has 0 spiro atoms. The second-order valence-electron chi connectivity index (χ2n) is 7.23. The Labute approximate surface area is 189 Å². The van der Waals surface area contributed by atoms with Gasteiger partial charge < -0.3 is 14.2 Å². The Kier molecular flexibility index (Phi) is 7.69. The van der Waals surface area contributed by atoms with E-state index in [2.05, 4.69) is 6.58 Å². The van der Waals surface area contributed by atoms with Crippen LogP contribution in [0.2, 0.25) is 0 Å². The van der Waals surface area contributed by atoms with Crippen molar-refractivity contribution in [2.45, 2.75) is 13.1 Å². The van der Waals surface area contributed by atoms with Crippen LogP contribution in [-0.2, 0) is 17.9 Å². The quantitative estimate of drug-likeness (QED) is 0.262. The Hall–Kier alpha value is -4.27. The van der Waals surface area contributed by atoms with Gasteiger partial charge in [0.15, 0.2) is 0 Å². The van der Waals surface area contributed by atoms with Gasteiger partial charge in [0, 0.05) is 30.8 Å². The van der Waals surface area contributed by atoms with Gasteiger partial charge in [-0.05, 0) is 42.0 Å². The number of halogens is 1. The van der Waals surface area contributed by atoms with E-state index < -0.39 is 10.8 Å². The fraction of sp³-hybridized carbons (Fsp3) is 0.167. The molecular weight excluding hydrogens is 429 g/mol. The summed E-state index contributed by atoms with van der Waals surface area (Å²) in [5.41, 5.74) is 0.793. The molecule has 9 heteroatoms. The smallest absolute Gasteiger partial charge is 0.269 e. The number of hydrogen-bond donors (Lipinski definition) is 0. The highest BCUT2D eigenvalue weighted by atomic mass is 19.1. The van der Waals surface area contributed by atoms with E-state index in [-0.39, 0.29) is 49.2 Å². The molecule has 0 fully saturated rings. The minimum absolute atomic E-state index is 0.104. The zero-order valence-corrected chi connectivity index (χ0v) is 17.7. The minimum Gasteiger partial charge on any atom is -0.467 e. The number of hydrogen-bond acceptors (Lipinski definition) is 5. The van der Waals surface area contributed by atoms with Gasteiger partial charge in [-0.2, -0.15) is 0 Å². The van der Waals surface area contributed by atoms with Crippen molar-refractivity contribution in [3.05, 3.63) is 112 Å². The standard InChI is InChI=1S/C24H22FN3O5/c1-2-13-26(24(30)19-7-11-21(12-8-19)28(31)32)17-23(29)27(16-22-4-3-14-33-22)15-18-5-9-20(25)10-6-18/h2-12,14H,1,13,15-17H2. The molecule has 8 nitrogen and oxygen atoms in total. The Morgan fingerprint density at radius 1 is 1.03 bits per heavy atom. The molecule has 0 atom stereocenters. The first-order valence-corrected chi connectivity index (χ1v) is 10.1. The van der Waals surface area contributed by atoms with Crippen LogP contribution in [-0.4, -0.2) is 39.6 Å². The molecule has 0 aliphatic rings. The first kappa shape index (κ1) is 23.4. The van der Waals surface area contributed by atoms with Crippen LogP contribution in [0.3, 0.4) is 0 Å². The average molecular weight is 451 g/mol. The molecule has 0 unspecified atom stereocenters. The molecule has 3 rings (SSSR count). The lowest BCUT2D eigenvalue weighted by Gasteiger charge is -2.27. The van der Waals surface area contributed by atoms with Crippen molar-refractivity contribution >= 4 is 17.5 Å². The number of rotatable bonds is 10. The van der Waals surface area contributed by atoms with Crippen molar-refractivity contribution in [2.24, 2.45) is 0 Å². The normalized spacial score (nSPS) is 10.5. The number of carbonyl (C=O) groups excluding carboxylic acids is 2. The second kappa shape index (κ2) is 10.9. The SMILES string of the molecule is C=CCN(CC(=O)N(Cc1ccc(F)cc1)Cc1ccco1)C(=O)c1ccc([N+](=O)[O-])cc1. The van der Waals surface area contributed by atoms with E-state index in [1.165, 1.54) is 58.5 Å². The number of nitro groups is 1. The first-order chi connectivity index (χ1) is 15.9. The van der Waals surface area contributed by atoms with E-state index in [4.69, 9.17) is 4.42 Å². The van der Waals surface area contributed by atoms with Crippen LogP contribution in [0, 0.1) is 15.9 Å². The van der Waals surface area contributed by atoms with E-state index in [1.807, 2.05) is 0 Å². The molecule has 0 bridgehead atoms. The fourth-order valence-electron chi connectivity index (χ4n) is 3.18. The third-order valence-electron chi connectivity index (χ3n) is 4.85. The van der Waals surface area contributed by atoms with Crippen LogP contribution < -0.4 is 0 Å². The summed E-state index contributed by atoms with van der Waals surface area (Å²) in [7, 11) is 0. The lowest BCUT2D eigenvalue weighted by atomic mass is 10.1. The molecule has 0 radical (unpaired) electrons. The maximum absolute atomic E-state index is 13.3. The van der Waals surface area contributed by atoms with Crippen molar-refractivity contribution in [1.82, 2.24) is 9.80 Å². The van der Waals surface area contributed by atoms with E-state index in [9.17, 15) is 24.1 Å². The molecular formula is C24H22FN3O5. The number of benzene rings is 2. The van der Waals surface area contributed by atoms with Crippen LogP contribution in [0.1, 0.15) is 21.7 Å². The molecule has 0 N–H and O–H groups in total. The Balaban J connectivity index is 1.78. The predicted molar refractivity (Wildman–Crippen MR) is 119 cm³/mol. The zero-order valence-electron chi connectivity index (χ0n) is 17.7. The summed E-state index contributed by atoms with van der Waals surface area (Å²) >= 11 is 0. The van der Waals surface area contributed by atoms with Crippen molar-refractivity contribution in [3.63, 3.8) is 0 Å². The van der Waals surface area contributed by atoms with Crippen LogP contribution in [0.5, 0.6) is 0 Å². The Bertz CT molecular complexity index is 1110. The van der Waals surface area contributed by atoms with Crippen molar-refractivity contribution < 1.29 is 23.3 Å². The fourth-order valence-corrected chi connectivity index (χ4v) is 3.18. The highest BCUT2D eigenvalue weighted by Crippen LogP contribution is 2.16. The summed E-state index contributed by atoms with van der Waals surface area (Å²) in [6.07, 6.45) is 2.99. The lowest BCUT2D eigenvalue weighted by molar-refractivity contribution is -0.384. The van der Waals surface area contributed by atoms with Gasteiger partial charge in [0.1, 0.15) is 18.1 Å². The van der Waals surface area contributed by atoms with Gasteiger partial charge in [-0.25, -0.2) is 4.39 Å². The van der Waals surface area contributed by atoms with Gasteiger partial charge in [0.05, 0.1) is 17.7 Å². The van der Waals surface area contributed by atoms with E-state index >= 15 is 0 Å². The molecule has 0 saturated heterocycles. The summed E-state index contributed by atoms with van der Waals surface area (Å²) in [5, 5.41) is 10.9. The largest absolute Gasteiger partial charge is 0.467 e. The maximum atomic E-state index is 13.3. The molecule has 2 amide bonds. The Morgan fingerprint density at radius 2 is 1.73 bits per heavy atom. The molecule has 3 aromatic rings. The summed E-state index contributed by atoms with van der Waals surface area (Å²) in [6, 6.07) is 14.4. The van der Waals surface area contributed by atoms with Gasteiger partial charge in [-0.1, -0.05) is 18.2 Å². The Morgan fingerprint density at radius 3 is 2.30 bits per heavy atom. The molecule has 33 heavy (non-hydrogen) atoms. The number of carbonyl (C=O) groups is 2. The van der Waals surface area contributed by atoms with Gasteiger partial charge in [0.25, 0.3) is 11.6 Å².